The van der Waals surface area contributed by atoms with Gasteiger partial charge in [0.05, 0.1) is 33.0 Å². The van der Waals surface area contributed by atoms with Gasteiger partial charge in [0.15, 0.2) is 0 Å². The molecule has 0 aliphatic heterocycles. The van der Waals surface area contributed by atoms with Crippen molar-refractivity contribution in [1.29, 1.82) is 0 Å². The topological polar surface area (TPSA) is 47.9 Å². The van der Waals surface area contributed by atoms with Crippen molar-refractivity contribution in [3.8, 4) is 17.6 Å². The molecule has 0 bridgehead atoms. The summed E-state index contributed by atoms with van der Waals surface area (Å²) in [5.74, 6) is 6.31. The third-order valence-electron chi connectivity index (χ3n) is 2.55. The second-order valence-electron chi connectivity index (χ2n) is 4.46. The molecule has 0 amide bonds. The van der Waals surface area contributed by atoms with Crippen molar-refractivity contribution in [1.82, 2.24) is 0 Å². The maximum absolute atomic E-state index is 8.77. The highest BCUT2D eigenvalue weighted by atomic mass is 16.5. The Kier molecular flexibility index (Phi) is 7.74. The Bertz CT molecular complexity index is 457. The van der Waals surface area contributed by atoms with E-state index >= 15 is 0 Å². The Morgan fingerprint density at radius 3 is 2.70 bits per heavy atom. The molecular weight excluding hydrogens is 256 g/mol. The van der Waals surface area contributed by atoms with E-state index in [9.17, 15) is 0 Å². The Hall–Kier alpha value is -1.54. The fourth-order valence-electron chi connectivity index (χ4n) is 1.60. The summed E-state index contributed by atoms with van der Waals surface area (Å²) in [5.41, 5.74) is 1.78. The minimum Gasteiger partial charge on any atom is -0.497 e. The van der Waals surface area contributed by atoms with Gasteiger partial charge in [0.2, 0.25) is 0 Å². The summed E-state index contributed by atoms with van der Waals surface area (Å²) in [5, 5.41) is 8.77. The Morgan fingerprint density at radius 1 is 1.25 bits per heavy atom. The maximum atomic E-state index is 8.77. The predicted molar refractivity (Wildman–Crippen MR) is 77.7 cm³/mol. The molecule has 4 nitrogen and oxygen atoms in total. The van der Waals surface area contributed by atoms with E-state index in [1.165, 1.54) is 0 Å². The molecule has 1 N–H and O–H groups in total. The highest BCUT2D eigenvalue weighted by molar-refractivity contribution is 5.45. The van der Waals surface area contributed by atoms with Crippen LogP contribution >= 0.6 is 0 Å². The van der Waals surface area contributed by atoms with Crippen molar-refractivity contribution in [3.05, 3.63) is 29.3 Å². The number of benzene rings is 1. The average Bonchev–Trinajstić information content (AvgIpc) is 2.45. The number of hydrogen-bond donors (Lipinski definition) is 1. The molecule has 0 aromatic heterocycles. The van der Waals surface area contributed by atoms with Crippen molar-refractivity contribution >= 4 is 0 Å². The molecule has 0 saturated carbocycles. The van der Waals surface area contributed by atoms with Gasteiger partial charge in [-0.15, -0.1) is 0 Å². The lowest BCUT2D eigenvalue weighted by molar-refractivity contribution is 0.0142. The Labute approximate surface area is 120 Å². The van der Waals surface area contributed by atoms with Gasteiger partial charge >= 0.3 is 0 Å². The first-order valence-corrected chi connectivity index (χ1v) is 6.63. The first-order valence-electron chi connectivity index (χ1n) is 6.63. The minimum atomic E-state index is -0.158. The van der Waals surface area contributed by atoms with Crippen LogP contribution in [0.4, 0.5) is 0 Å². The molecule has 0 spiro atoms. The number of ether oxygens (including phenoxy) is 3. The van der Waals surface area contributed by atoms with Crippen molar-refractivity contribution in [2.24, 2.45) is 0 Å². The summed E-state index contributed by atoms with van der Waals surface area (Å²) < 4.78 is 16.2. The lowest BCUT2D eigenvalue weighted by atomic mass is 10.1. The van der Waals surface area contributed by atoms with E-state index in [4.69, 9.17) is 19.3 Å². The molecule has 110 valence electrons. The molecule has 1 rings (SSSR count). The van der Waals surface area contributed by atoms with E-state index in [2.05, 4.69) is 11.8 Å². The number of rotatable bonds is 7. The molecule has 20 heavy (non-hydrogen) atoms. The van der Waals surface area contributed by atoms with Crippen LogP contribution in [0.5, 0.6) is 5.75 Å². The molecule has 0 unspecified atom stereocenters. The zero-order valence-electron chi connectivity index (χ0n) is 12.3. The van der Waals surface area contributed by atoms with Crippen LogP contribution in [0.3, 0.4) is 0 Å². The second kappa shape index (κ2) is 9.38. The van der Waals surface area contributed by atoms with Crippen LogP contribution < -0.4 is 4.74 Å². The van der Waals surface area contributed by atoms with Crippen molar-refractivity contribution in [3.63, 3.8) is 0 Å². The normalized spacial score (nSPS) is 10.2. The van der Waals surface area contributed by atoms with Crippen molar-refractivity contribution in [2.75, 3.05) is 26.9 Å². The summed E-state index contributed by atoms with van der Waals surface area (Å²) in [7, 11) is 1.62. The van der Waals surface area contributed by atoms with Crippen LogP contribution in [0.25, 0.3) is 0 Å². The van der Waals surface area contributed by atoms with Crippen molar-refractivity contribution < 1.29 is 19.3 Å². The number of aliphatic hydroxyl groups excluding tert-OH is 1. The molecule has 4 heteroatoms. The third kappa shape index (κ3) is 6.07. The number of methoxy groups -OCH3 is 1. The van der Waals surface area contributed by atoms with E-state index in [1.807, 2.05) is 32.0 Å². The maximum Gasteiger partial charge on any atom is 0.119 e. The Morgan fingerprint density at radius 2 is 2.05 bits per heavy atom. The largest absolute Gasteiger partial charge is 0.497 e. The molecule has 0 fully saturated rings. The minimum absolute atomic E-state index is 0.158. The summed E-state index contributed by atoms with van der Waals surface area (Å²) >= 11 is 0. The molecule has 1 aromatic carbocycles. The molecular formula is C16H22O4. The molecule has 0 saturated heterocycles. The predicted octanol–water partition coefficient (Wildman–Crippen LogP) is 1.98. The van der Waals surface area contributed by atoms with E-state index < -0.39 is 0 Å². The highest BCUT2D eigenvalue weighted by Crippen LogP contribution is 2.18. The highest BCUT2D eigenvalue weighted by Gasteiger charge is 2.03. The molecule has 0 aliphatic rings. The SMILES string of the molecule is COc1ccc(C#CCO)c(COCCOC(C)C)c1. The first kappa shape index (κ1) is 16.5. The standard InChI is InChI=1S/C16H22O4/c1-13(2)20-10-9-19-12-15-11-16(18-3)7-6-14(15)5-4-8-17/h6-7,11,13,17H,8-10,12H2,1-3H3. The fourth-order valence-corrected chi connectivity index (χ4v) is 1.60. The average molecular weight is 278 g/mol. The van der Waals surface area contributed by atoms with Gasteiger partial charge in [0.25, 0.3) is 0 Å². The molecule has 0 aliphatic carbocycles. The van der Waals surface area contributed by atoms with Gasteiger partial charge in [0.1, 0.15) is 12.4 Å². The van der Waals surface area contributed by atoms with E-state index in [-0.39, 0.29) is 12.7 Å². The Balaban J connectivity index is 2.61. The third-order valence-corrected chi connectivity index (χ3v) is 2.55. The fraction of sp³-hybridized carbons (Fsp3) is 0.500. The van der Waals surface area contributed by atoms with Gasteiger partial charge in [-0.2, -0.15) is 0 Å². The number of aliphatic hydroxyl groups is 1. The van der Waals surface area contributed by atoms with Crippen LogP contribution in [0.2, 0.25) is 0 Å². The summed E-state index contributed by atoms with van der Waals surface area (Å²) in [6, 6.07) is 5.60. The van der Waals surface area contributed by atoms with Gasteiger partial charge in [0, 0.05) is 5.56 Å². The lowest BCUT2D eigenvalue weighted by Gasteiger charge is -2.10. The van der Waals surface area contributed by atoms with Crippen LogP contribution in [0.15, 0.2) is 18.2 Å². The summed E-state index contributed by atoms with van der Waals surface area (Å²) in [6.45, 7) is 5.36. The quantitative estimate of drug-likeness (QED) is 0.612. The number of hydrogen-bond acceptors (Lipinski definition) is 4. The molecule has 0 atom stereocenters. The van der Waals surface area contributed by atoms with E-state index in [0.29, 0.717) is 19.8 Å². The summed E-state index contributed by atoms with van der Waals surface area (Å²) in [6.07, 6.45) is 0.210. The second-order valence-corrected chi connectivity index (χ2v) is 4.46. The van der Waals surface area contributed by atoms with Gasteiger partial charge in [-0.3, -0.25) is 0 Å². The van der Waals surface area contributed by atoms with Gasteiger partial charge in [-0.25, -0.2) is 0 Å². The molecule has 0 radical (unpaired) electrons. The van der Waals surface area contributed by atoms with Gasteiger partial charge in [-0.05, 0) is 37.6 Å². The van der Waals surface area contributed by atoms with E-state index in [1.54, 1.807) is 7.11 Å². The van der Waals surface area contributed by atoms with Crippen LogP contribution in [-0.4, -0.2) is 38.1 Å². The van der Waals surface area contributed by atoms with Gasteiger partial charge < -0.3 is 19.3 Å². The lowest BCUT2D eigenvalue weighted by Crippen LogP contribution is -2.09. The van der Waals surface area contributed by atoms with Crippen LogP contribution in [0, 0.1) is 11.8 Å². The zero-order chi connectivity index (χ0) is 14.8. The molecule has 0 heterocycles. The zero-order valence-corrected chi connectivity index (χ0v) is 12.3. The van der Waals surface area contributed by atoms with Crippen LogP contribution in [0.1, 0.15) is 25.0 Å². The van der Waals surface area contributed by atoms with E-state index in [0.717, 1.165) is 16.9 Å². The van der Waals surface area contributed by atoms with Gasteiger partial charge in [-0.1, -0.05) is 11.8 Å². The molecule has 1 aromatic rings. The summed E-state index contributed by atoms with van der Waals surface area (Å²) in [4.78, 5) is 0. The smallest absolute Gasteiger partial charge is 0.119 e. The first-order chi connectivity index (χ1) is 9.67. The van der Waals surface area contributed by atoms with Crippen molar-refractivity contribution in [2.45, 2.75) is 26.6 Å². The monoisotopic (exact) mass is 278 g/mol. The van der Waals surface area contributed by atoms with Crippen LogP contribution in [-0.2, 0) is 16.1 Å².